The Balaban J connectivity index is 2.08. The highest BCUT2D eigenvalue weighted by Crippen LogP contribution is 2.36. The summed E-state index contributed by atoms with van der Waals surface area (Å²) in [5.41, 5.74) is 0.948. The fourth-order valence-electron chi connectivity index (χ4n) is 4.01. The predicted octanol–water partition coefficient (Wildman–Crippen LogP) is 1.87. The van der Waals surface area contributed by atoms with Crippen LogP contribution in [0.1, 0.15) is 36.5 Å². The lowest BCUT2D eigenvalue weighted by Gasteiger charge is -2.36. The van der Waals surface area contributed by atoms with E-state index in [2.05, 4.69) is 9.80 Å². The number of thiocarbonyl (C=S) groups is 1. The van der Waals surface area contributed by atoms with Crippen LogP contribution in [0.25, 0.3) is 6.08 Å². The maximum absolute atomic E-state index is 13.1. The lowest BCUT2D eigenvalue weighted by Crippen LogP contribution is -2.47. The molecule has 2 saturated heterocycles. The van der Waals surface area contributed by atoms with Gasteiger partial charge in [-0.15, -0.1) is 0 Å². The summed E-state index contributed by atoms with van der Waals surface area (Å²) in [6.07, 6.45) is 1.99. The van der Waals surface area contributed by atoms with Crippen molar-refractivity contribution in [3.05, 3.63) is 31.9 Å². The number of thioether (sulfide) groups is 1. The summed E-state index contributed by atoms with van der Waals surface area (Å²) in [5, 5.41) is 18.5. The molecular formula is C22H27N5O4S2. The van der Waals surface area contributed by atoms with E-state index in [0.717, 1.165) is 37.9 Å². The summed E-state index contributed by atoms with van der Waals surface area (Å²) in [6.45, 7) is 7.34. The number of hydrogen-bond acceptors (Lipinski definition) is 8. The van der Waals surface area contributed by atoms with Crippen LogP contribution < -0.4 is 10.5 Å². The van der Waals surface area contributed by atoms with Gasteiger partial charge in [-0.05, 0) is 39.0 Å². The number of nitrogens with zero attached hydrogens (tertiary/aromatic N) is 5. The van der Waals surface area contributed by atoms with E-state index in [9.17, 15) is 19.6 Å². The molecule has 2 aliphatic rings. The van der Waals surface area contributed by atoms with Gasteiger partial charge in [-0.25, -0.2) is 0 Å². The number of carbonyl (C=O) groups is 2. The van der Waals surface area contributed by atoms with E-state index >= 15 is 0 Å². The van der Waals surface area contributed by atoms with Crippen LogP contribution in [0.2, 0.25) is 0 Å². The fraction of sp³-hybridized carbons (Fsp3) is 0.500. The van der Waals surface area contributed by atoms with Crippen molar-refractivity contribution in [3.8, 4) is 6.07 Å². The van der Waals surface area contributed by atoms with E-state index in [0.29, 0.717) is 39.1 Å². The van der Waals surface area contributed by atoms with Gasteiger partial charge in [0.25, 0.3) is 11.5 Å². The van der Waals surface area contributed by atoms with Gasteiger partial charge >= 0.3 is 5.97 Å². The quantitative estimate of drug-likeness (QED) is 0.453. The van der Waals surface area contributed by atoms with Crippen LogP contribution in [-0.4, -0.2) is 75.4 Å². The number of carboxylic acid groups (broad SMARTS) is 1. The van der Waals surface area contributed by atoms with E-state index in [-0.39, 0.29) is 30.0 Å². The maximum atomic E-state index is 13.1. The molecule has 1 amide bonds. The molecule has 0 saturated carbocycles. The Morgan fingerprint density at radius 1 is 1.27 bits per heavy atom. The highest BCUT2D eigenvalue weighted by atomic mass is 32.2. The molecule has 9 nitrogen and oxygen atoms in total. The number of carbonyl (C=O) groups excluding carboxylic acids is 1. The van der Waals surface area contributed by atoms with E-state index in [1.807, 2.05) is 20.0 Å². The van der Waals surface area contributed by atoms with E-state index in [1.54, 1.807) is 17.6 Å². The number of aromatic nitrogens is 1. The number of piperazine rings is 1. The molecule has 2 aliphatic heterocycles. The third kappa shape index (κ3) is 5.13. The molecule has 0 aliphatic carbocycles. The van der Waals surface area contributed by atoms with Crippen LogP contribution in [0.15, 0.2) is 9.70 Å². The summed E-state index contributed by atoms with van der Waals surface area (Å²) >= 11 is 6.52. The minimum atomic E-state index is -0.922. The highest BCUT2D eigenvalue weighted by molar-refractivity contribution is 8.26. The monoisotopic (exact) mass is 489 g/mol. The Hall–Kier alpha value is -2.68. The molecular weight excluding hydrogens is 462 g/mol. The van der Waals surface area contributed by atoms with Gasteiger partial charge in [0.15, 0.2) is 0 Å². The van der Waals surface area contributed by atoms with Crippen molar-refractivity contribution in [2.24, 2.45) is 0 Å². The van der Waals surface area contributed by atoms with Gasteiger partial charge in [0, 0.05) is 51.3 Å². The SMILES string of the molecule is CCn1c(N2CCN(C)CC2)c(/C=C2\SC(=S)N(CCCC(=O)O)C2=O)c(C)c(C#N)c1=O. The molecule has 1 aromatic rings. The fourth-order valence-corrected chi connectivity index (χ4v) is 5.30. The topological polar surface area (TPSA) is 110 Å². The molecule has 0 spiro atoms. The molecule has 1 aromatic heterocycles. The van der Waals surface area contributed by atoms with Gasteiger partial charge in [0.05, 0.1) is 4.91 Å². The smallest absolute Gasteiger partial charge is 0.303 e. The van der Waals surface area contributed by atoms with E-state index < -0.39 is 5.97 Å². The van der Waals surface area contributed by atoms with Crippen LogP contribution in [-0.2, 0) is 16.1 Å². The Morgan fingerprint density at radius 3 is 2.52 bits per heavy atom. The first-order chi connectivity index (χ1) is 15.7. The standard InChI is InChI=1S/C22H27N5O4S2/c1-4-26-19(25-10-8-24(3)9-11-25)15(14(2)16(13-23)20(26)30)12-17-21(31)27(22(32)33-17)7-5-6-18(28)29/h12H,4-11H2,1-3H3,(H,28,29)/b17-12-. The molecule has 0 atom stereocenters. The molecule has 1 N–H and O–H groups in total. The minimum absolute atomic E-state index is 0.0459. The van der Waals surface area contributed by atoms with Crippen molar-refractivity contribution in [2.75, 3.05) is 44.7 Å². The summed E-state index contributed by atoms with van der Waals surface area (Å²) < 4.78 is 1.98. The normalized spacial score (nSPS) is 18.3. The first-order valence-electron chi connectivity index (χ1n) is 10.8. The van der Waals surface area contributed by atoms with Crippen LogP contribution in [0, 0.1) is 18.3 Å². The summed E-state index contributed by atoms with van der Waals surface area (Å²) in [5.74, 6) is -0.496. The number of nitriles is 1. The zero-order valence-corrected chi connectivity index (χ0v) is 20.6. The summed E-state index contributed by atoms with van der Waals surface area (Å²) in [4.78, 5) is 43.1. The zero-order chi connectivity index (χ0) is 24.3. The average Bonchev–Trinajstić information content (AvgIpc) is 3.03. The molecule has 3 rings (SSSR count). The molecule has 0 aromatic carbocycles. The lowest BCUT2D eigenvalue weighted by molar-refractivity contribution is -0.137. The number of amides is 1. The summed E-state index contributed by atoms with van der Waals surface area (Å²) in [6, 6.07) is 2.04. The van der Waals surface area contributed by atoms with Crippen LogP contribution in [0.3, 0.4) is 0 Å². The number of pyridine rings is 1. The number of likely N-dealkylation sites (N-methyl/N-ethyl adjacent to an activating group) is 1. The number of anilines is 1. The first-order valence-corrected chi connectivity index (χ1v) is 12.0. The molecule has 33 heavy (non-hydrogen) atoms. The van der Waals surface area contributed by atoms with Crippen molar-refractivity contribution in [3.63, 3.8) is 0 Å². The largest absolute Gasteiger partial charge is 0.481 e. The Bertz CT molecular complexity index is 1110. The van der Waals surface area contributed by atoms with Crippen molar-refractivity contribution in [1.29, 1.82) is 5.26 Å². The Kier molecular flexibility index (Phi) is 7.94. The van der Waals surface area contributed by atoms with Crippen molar-refractivity contribution in [2.45, 2.75) is 33.2 Å². The van der Waals surface area contributed by atoms with Crippen LogP contribution in [0.5, 0.6) is 0 Å². The zero-order valence-electron chi connectivity index (χ0n) is 19.0. The number of rotatable bonds is 7. The second-order valence-electron chi connectivity index (χ2n) is 8.02. The molecule has 0 radical (unpaired) electrons. The van der Waals surface area contributed by atoms with Gasteiger partial charge in [-0.3, -0.25) is 23.9 Å². The first kappa shape index (κ1) is 25.0. The predicted molar refractivity (Wildman–Crippen MR) is 132 cm³/mol. The number of hydrogen-bond donors (Lipinski definition) is 1. The van der Waals surface area contributed by atoms with Gasteiger partial charge in [-0.2, -0.15) is 5.26 Å². The molecule has 2 fully saturated rings. The molecule has 3 heterocycles. The van der Waals surface area contributed by atoms with Gasteiger partial charge in [0.2, 0.25) is 0 Å². The molecule has 0 unspecified atom stereocenters. The third-order valence-electron chi connectivity index (χ3n) is 5.89. The van der Waals surface area contributed by atoms with Gasteiger partial charge < -0.3 is 14.9 Å². The van der Waals surface area contributed by atoms with Crippen molar-refractivity contribution >= 4 is 52.1 Å². The maximum Gasteiger partial charge on any atom is 0.303 e. The number of carboxylic acids is 1. The minimum Gasteiger partial charge on any atom is -0.481 e. The van der Waals surface area contributed by atoms with Gasteiger partial charge in [0.1, 0.15) is 21.8 Å². The van der Waals surface area contributed by atoms with Crippen LogP contribution >= 0.6 is 24.0 Å². The second kappa shape index (κ2) is 10.5. The molecule has 11 heteroatoms. The third-order valence-corrected chi connectivity index (χ3v) is 7.26. The average molecular weight is 490 g/mol. The second-order valence-corrected chi connectivity index (χ2v) is 9.70. The van der Waals surface area contributed by atoms with Crippen molar-refractivity contribution in [1.82, 2.24) is 14.4 Å². The molecule has 0 bridgehead atoms. The molecule has 176 valence electrons. The van der Waals surface area contributed by atoms with E-state index in [4.69, 9.17) is 17.3 Å². The number of aliphatic carboxylic acids is 1. The Labute approximate surface area is 202 Å². The highest BCUT2D eigenvalue weighted by Gasteiger charge is 2.33. The van der Waals surface area contributed by atoms with Crippen molar-refractivity contribution < 1.29 is 14.7 Å². The summed E-state index contributed by atoms with van der Waals surface area (Å²) in [7, 11) is 2.05. The van der Waals surface area contributed by atoms with Crippen LogP contribution in [0.4, 0.5) is 5.82 Å². The van der Waals surface area contributed by atoms with Gasteiger partial charge in [-0.1, -0.05) is 24.0 Å². The van der Waals surface area contributed by atoms with E-state index in [1.165, 1.54) is 4.90 Å². The lowest BCUT2D eigenvalue weighted by atomic mass is 10.0. The Morgan fingerprint density at radius 2 is 1.94 bits per heavy atom.